The van der Waals surface area contributed by atoms with Gasteiger partial charge < -0.3 is 10.2 Å². The van der Waals surface area contributed by atoms with Crippen molar-refractivity contribution in [2.75, 3.05) is 27.2 Å². The van der Waals surface area contributed by atoms with Crippen LogP contribution >= 0.6 is 0 Å². The lowest BCUT2D eigenvalue weighted by Crippen LogP contribution is -2.29. The molecule has 150 valence electrons. The molecule has 2 rings (SSSR count). The zero-order chi connectivity index (χ0) is 18.8. The number of nitrogens with zero attached hydrogens (tertiary/aromatic N) is 2. The fourth-order valence-corrected chi connectivity index (χ4v) is 4.71. The molecule has 1 aromatic rings. The molecule has 2 N–H and O–H groups in total. The molecule has 1 aliphatic carbocycles. The van der Waals surface area contributed by atoms with Crippen LogP contribution in [0.2, 0.25) is 0 Å². The van der Waals surface area contributed by atoms with Gasteiger partial charge in [-0.05, 0) is 58.0 Å². The zero-order valence-corrected chi connectivity index (χ0v) is 17.7. The van der Waals surface area contributed by atoms with Gasteiger partial charge in [0.2, 0.25) is 0 Å². The van der Waals surface area contributed by atoms with Crippen LogP contribution < -0.4 is 5.32 Å². The highest BCUT2D eigenvalue weighted by atomic mass is 15.1. The summed E-state index contributed by atoms with van der Waals surface area (Å²) in [6.45, 7) is 7.77. The Bertz CT molecular complexity index is 478. The monoisotopic (exact) mass is 362 g/mol. The molecule has 26 heavy (non-hydrogen) atoms. The highest BCUT2D eigenvalue weighted by molar-refractivity contribution is 5.21. The number of aromatic nitrogens is 2. The molecular weight excluding hydrogens is 320 g/mol. The summed E-state index contributed by atoms with van der Waals surface area (Å²) in [6, 6.07) is 0. The van der Waals surface area contributed by atoms with Crippen molar-refractivity contribution >= 4 is 0 Å². The zero-order valence-electron chi connectivity index (χ0n) is 17.7. The van der Waals surface area contributed by atoms with Crippen molar-refractivity contribution in [1.29, 1.82) is 0 Å². The second-order valence-corrected chi connectivity index (χ2v) is 8.62. The molecule has 1 saturated carbocycles. The summed E-state index contributed by atoms with van der Waals surface area (Å²) in [5.41, 5.74) is 3.38. The second-order valence-electron chi connectivity index (χ2n) is 8.62. The van der Waals surface area contributed by atoms with E-state index in [1.165, 1.54) is 75.5 Å². The molecule has 0 radical (unpaired) electrons. The largest absolute Gasteiger partial charge is 0.318 e. The van der Waals surface area contributed by atoms with E-state index in [4.69, 9.17) is 0 Å². The highest BCUT2D eigenvalue weighted by Gasteiger charge is 2.35. The van der Waals surface area contributed by atoms with Gasteiger partial charge >= 0.3 is 0 Å². The maximum absolute atomic E-state index is 4.68. The number of H-pyrrole nitrogens is 1. The minimum Gasteiger partial charge on any atom is -0.318 e. The number of rotatable bonds is 12. The van der Waals surface area contributed by atoms with Gasteiger partial charge in [-0.2, -0.15) is 5.10 Å². The van der Waals surface area contributed by atoms with Crippen molar-refractivity contribution in [3.8, 4) is 0 Å². The van der Waals surface area contributed by atoms with Crippen LogP contribution in [0, 0.1) is 5.41 Å². The van der Waals surface area contributed by atoms with E-state index in [9.17, 15) is 0 Å². The SMILES string of the molecule is CCCCC1(CCCC)CCC(c2n[nH]cc2CN(C)CCNC)CC1. The van der Waals surface area contributed by atoms with Gasteiger partial charge in [-0.25, -0.2) is 0 Å². The van der Waals surface area contributed by atoms with Crippen LogP contribution in [-0.2, 0) is 6.54 Å². The van der Waals surface area contributed by atoms with E-state index < -0.39 is 0 Å². The van der Waals surface area contributed by atoms with Gasteiger partial charge in [-0.3, -0.25) is 5.10 Å². The maximum Gasteiger partial charge on any atom is 0.0697 e. The number of nitrogens with one attached hydrogen (secondary N) is 2. The summed E-state index contributed by atoms with van der Waals surface area (Å²) in [5.74, 6) is 0.658. The van der Waals surface area contributed by atoms with Crippen molar-refractivity contribution in [3.63, 3.8) is 0 Å². The van der Waals surface area contributed by atoms with Gasteiger partial charge in [0.25, 0.3) is 0 Å². The Labute approximate surface area is 161 Å². The predicted molar refractivity (Wildman–Crippen MR) is 112 cm³/mol. The minimum absolute atomic E-state index is 0.628. The molecule has 0 amide bonds. The maximum atomic E-state index is 4.68. The Morgan fingerprint density at radius 3 is 2.42 bits per heavy atom. The molecule has 1 heterocycles. The molecular formula is C22H42N4. The molecule has 4 nitrogen and oxygen atoms in total. The predicted octanol–water partition coefficient (Wildman–Crippen LogP) is 5.09. The number of aromatic amines is 1. The van der Waals surface area contributed by atoms with E-state index in [1.807, 2.05) is 7.05 Å². The van der Waals surface area contributed by atoms with Crippen molar-refractivity contribution in [2.45, 2.75) is 90.5 Å². The molecule has 1 aliphatic rings. The highest BCUT2D eigenvalue weighted by Crippen LogP contribution is 2.49. The van der Waals surface area contributed by atoms with E-state index in [2.05, 4.69) is 47.5 Å². The van der Waals surface area contributed by atoms with Crippen molar-refractivity contribution < 1.29 is 0 Å². The van der Waals surface area contributed by atoms with E-state index >= 15 is 0 Å². The molecule has 0 spiro atoms. The van der Waals surface area contributed by atoms with Crippen molar-refractivity contribution in [1.82, 2.24) is 20.4 Å². The average molecular weight is 363 g/mol. The molecule has 0 aromatic carbocycles. The average Bonchev–Trinajstić information content (AvgIpc) is 3.11. The van der Waals surface area contributed by atoms with Crippen LogP contribution in [0.1, 0.15) is 95.2 Å². The Kier molecular flexibility index (Phi) is 9.13. The molecule has 0 unspecified atom stereocenters. The Morgan fingerprint density at radius 1 is 1.19 bits per heavy atom. The summed E-state index contributed by atoms with van der Waals surface area (Å²) in [5, 5.41) is 11.1. The van der Waals surface area contributed by atoms with Gasteiger partial charge in [-0.15, -0.1) is 0 Å². The summed E-state index contributed by atoms with van der Waals surface area (Å²) >= 11 is 0. The fraction of sp³-hybridized carbons (Fsp3) is 0.864. The third kappa shape index (κ3) is 6.09. The lowest BCUT2D eigenvalue weighted by Gasteiger charge is -2.40. The van der Waals surface area contributed by atoms with Gasteiger partial charge in [0.1, 0.15) is 0 Å². The molecule has 4 heteroatoms. The summed E-state index contributed by atoms with van der Waals surface area (Å²) < 4.78 is 0. The number of hydrogen-bond donors (Lipinski definition) is 2. The molecule has 0 aliphatic heterocycles. The third-order valence-corrected chi connectivity index (χ3v) is 6.49. The Hall–Kier alpha value is -0.870. The van der Waals surface area contributed by atoms with E-state index in [1.54, 1.807) is 0 Å². The van der Waals surface area contributed by atoms with Crippen LogP contribution in [-0.4, -0.2) is 42.3 Å². The first-order valence-corrected chi connectivity index (χ1v) is 11.0. The Balaban J connectivity index is 1.95. The Morgan fingerprint density at radius 2 is 1.85 bits per heavy atom. The van der Waals surface area contributed by atoms with Crippen LogP contribution in [0.3, 0.4) is 0 Å². The normalized spacial score (nSPS) is 17.9. The molecule has 1 fully saturated rings. The van der Waals surface area contributed by atoms with E-state index in [0.29, 0.717) is 11.3 Å². The quantitative estimate of drug-likeness (QED) is 0.544. The topological polar surface area (TPSA) is 44.0 Å². The minimum atomic E-state index is 0.628. The van der Waals surface area contributed by atoms with Gasteiger partial charge in [0.05, 0.1) is 5.69 Å². The van der Waals surface area contributed by atoms with Gasteiger partial charge in [0.15, 0.2) is 0 Å². The molecule has 1 aromatic heterocycles. The van der Waals surface area contributed by atoms with Crippen LogP contribution in [0.25, 0.3) is 0 Å². The van der Waals surface area contributed by atoms with Crippen molar-refractivity contribution in [2.24, 2.45) is 5.41 Å². The van der Waals surface area contributed by atoms with Crippen LogP contribution in [0.5, 0.6) is 0 Å². The summed E-state index contributed by atoms with van der Waals surface area (Å²) in [7, 11) is 4.22. The lowest BCUT2D eigenvalue weighted by atomic mass is 9.65. The number of likely N-dealkylation sites (N-methyl/N-ethyl adjacent to an activating group) is 2. The molecule has 0 saturated heterocycles. The van der Waals surface area contributed by atoms with Crippen molar-refractivity contribution in [3.05, 3.63) is 17.5 Å². The fourth-order valence-electron chi connectivity index (χ4n) is 4.71. The summed E-state index contributed by atoms with van der Waals surface area (Å²) in [6.07, 6.45) is 15.9. The van der Waals surface area contributed by atoms with Crippen LogP contribution in [0.15, 0.2) is 6.20 Å². The standard InChI is InChI=1S/C22H42N4/c1-5-7-11-22(12-8-6-2)13-9-19(10-14-22)21-20(17-24-25-21)18-26(4)16-15-23-3/h17,19,23H,5-16,18H2,1-4H3,(H,24,25). The van der Waals surface area contributed by atoms with Crippen LogP contribution in [0.4, 0.5) is 0 Å². The lowest BCUT2D eigenvalue weighted by molar-refractivity contribution is 0.136. The first-order valence-electron chi connectivity index (χ1n) is 11.0. The van der Waals surface area contributed by atoms with E-state index in [0.717, 1.165) is 19.6 Å². The molecule has 0 bridgehead atoms. The van der Waals surface area contributed by atoms with Gasteiger partial charge in [-0.1, -0.05) is 39.5 Å². The first kappa shape index (κ1) is 21.4. The third-order valence-electron chi connectivity index (χ3n) is 6.49. The number of hydrogen-bond acceptors (Lipinski definition) is 3. The van der Waals surface area contributed by atoms with E-state index in [-0.39, 0.29) is 0 Å². The molecule has 0 atom stereocenters. The first-order chi connectivity index (χ1) is 12.6. The number of unbranched alkanes of at least 4 members (excludes halogenated alkanes) is 2. The van der Waals surface area contributed by atoms with Gasteiger partial charge in [0, 0.05) is 37.3 Å². The second kappa shape index (κ2) is 11.1. The summed E-state index contributed by atoms with van der Waals surface area (Å²) in [4.78, 5) is 2.39. The smallest absolute Gasteiger partial charge is 0.0697 e.